The molecule has 0 aromatic carbocycles. The molecule has 0 saturated heterocycles. The van der Waals surface area contributed by atoms with Crippen molar-refractivity contribution in [3.05, 3.63) is 30.0 Å². The summed E-state index contributed by atoms with van der Waals surface area (Å²) in [5.74, 6) is -0.803. The van der Waals surface area contributed by atoms with Crippen LogP contribution in [0.5, 0.6) is 0 Å². The summed E-state index contributed by atoms with van der Waals surface area (Å²) in [6.45, 7) is -0.494. The third-order valence-corrected chi connectivity index (χ3v) is 2.23. The van der Waals surface area contributed by atoms with Gasteiger partial charge in [0.05, 0.1) is 12.1 Å². The van der Waals surface area contributed by atoms with Crippen molar-refractivity contribution in [3.8, 4) is 0 Å². The summed E-state index contributed by atoms with van der Waals surface area (Å²) in [6, 6.07) is 4.50. The first-order valence-electron chi connectivity index (χ1n) is 5.08. The van der Waals surface area contributed by atoms with E-state index in [1.54, 1.807) is 6.07 Å². The maximum absolute atomic E-state index is 12.0. The number of aromatic carboxylic acids is 1. The molecule has 0 unspecified atom stereocenters. The number of hydrogen-bond acceptors (Lipinski definition) is 4. The smallest absolute Gasteiger partial charge is 1.00 e. The van der Waals surface area contributed by atoms with Crippen molar-refractivity contribution < 1.29 is 39.0 Å². The first-order chi connectivity index (χ1) is 8.56. The fourth-order valence-corrected chi connectivity index (χ4v) is 1.41. The molecule has 2 N–H and O–H groups in total. The van der Waals surface area contributed by atoms with Gasteiger partial charge in [-0.3, -0.25) is 0 Å². The first kappa shape index (κ1) is 15.3. The molecule has 0 aliphatic carbocycles. The van der Waals surface area contributed by atoms with Crippen molar-refractivity contribution in [3.63, 3.8) is 0 Å². The summed E-state index contributed by atoms with van der Waals surface area (Å²) in [5.41, 5.74) is 0.358. The van der Waals surface area contributed by atoms with Crippen LogP contribution in [0.25, 0.3) is 11.0 Å². The van der Waals surface area contributed by atoms with Crippen LogP contribution < -0.4 is 24.2 Å². The van der Waals surface area contributed by atoms with Crippen molar-refractivity contribution in [1.82, 2.24) is 9.97 Å². The quantitative estimate of drug-likeness (QED) is 0.699. The number of alkyl halides is 2. The second-order valence-electron chi connectivity index (χ2n) is 3.54. The van der Waals surface area contributed by atoms with Gasteiger partial charge < -0.3 is 11.8 Å². The van der Waals surface area contributed by atoms with Gasteiger partial charge in [0.15, 0.2) is 5.65 Å². The van der Waals surface area contributed by atoms with Crippen molar-refractivity contribution in [2.45, 2.75) is 6.43 Å². The van der Waals surface area contributed by atoms with Gasteiger partial charge in [-0.05, 0) is 18.2 Å². The summed E-state index contributed by atoms with van der Waals surface area (Å²) < 4.78 is 24.0. The van der Waals surface area contributed by atoms with Gasteiger partial charge in [0, 0.05) is 11.6 Å². The number of halogens is 2. The molecule has 0 aliphatic rings. The molecule has 0 saturated carbocycles. The number of aromatic nitrogens is 2. The number of carboxylic acid groups (broad SMARTS) is 1. The van der Waals surface area contributed by atoms with Crippen LogP contribution in [0.1, 0.15) is 11.8 Å². The van der Waals surface area contributed by atoms with Gasteiger partial charge in [-0.2, -0.15) is 0 Å². The van der Waals surface area contributed by atoms with Crippen LogP contribution in [0.4, 0.5) is 14.6 Å². The topological polar surface area (TPSA) is 75.1 Å². The molecule has 2 heterocycles. The molecule has 0 spiro atoms. The number of anilines is 1. The van der Waals surface area contributed by atoms with E-state index in [-0.39, 0.29) is 31.7 Å². The van der Waals surface area contributed by atoms with Crippen molar-refractivity contribution >= 4 is 22.8 Å². The molecule has 0 radical (unpaired) electrons. The largest absolute Gasteiger partial charge is 1.00 e. The molecule has 0 atom stereocenters. The van der Waals surface area contributed by atoms with Crippen LogP contribution in [-0.4, -0.2) is 34.0 Å². The van der Waals surface area contributed by atoms with E-state index in [2.05, 4.69) is 15.3 Å². The molecule has 96 valence electrons. The molecular weight excluding hydrogens is 251 g/mol. The van der Waals surface area contributed by atoms with Crippen LogP contribution in [0.3, 0.4) is 0 Å². The van der Waals surface area contributed by atoms with E-state index in [9.17, 15) is 13.6 Å². The molecule has 0 bridgehead atoms. The standard InChI is InChI=1S/C11H9F2N3O2.Li.H/c12-8(13)5-14-9-2-1-6-3-7(11(17)18)4-15-10(6)16-9;;/h1-4,8H,5H2,(H,17,18)(H,14,15,16);;/q;+1;-1. The molecule has 2 aromatic rings. The molecule has 2 aromatic heterocycles. The van der Waals surface area contributed by atoms with E-state index in [4.69, 9.17) is 5.11 Å². The summed E-state index contributed by atoms with van der Waals surface area (Å²) in [6.07, 6.45) is -1.29. The summed E-state index contributed by atoms with van der Waals surface area (Å²) in [5, 5.41) is 11.8. The average molecular weight is 261 g/mol. The van der Waals surface area contributed by atoms with Gasteiger partial charge in [-0.15, -0.1) is 0 Å². The average Bonchev–Trinajstić information content (AvgIpc) is 2.35. The Bertz CT molecular complexity index is 601. The first-order valence-corrected chi connectivity index (χ1v) is 5.08. The van der Waals surface area contributed by atoms with Gasteiger partial charge in [0.2, 0.25) is 0 Å². The fraction of sp³-hybridized carbons (Fsp3) is 0.182. The number of rotatable bonds is 4. The molecule has 5 nitrogen and oxygen atoms in total. The minimum atomic E-state index is -2.47. The van der Waals surface area contributed by atoms with Crippen LogP contribution in [0.2, 0.25) is 0 Å². The predicted molar refractivity (Wildman–Crippen MR) is 62.1 cm³/mol. The van der Waals surface area contributed by atoms with Gasteiger partial charge >= 0.3 is 24.8 Å². The van der Waals surface area contributed by atoms with Gasteiger partial charge in [0.25, 0.3) is 6.43 Å². The normalized spacial score (nSPS) is 10.3. The zero-order chi connectivity index (χ0) is 13.1. The van der Waals surface area contributed by atoms with Crippen LogP contribution in [-0.2, 0) is 0 Å². The number of nitrogens with zero attached hydrogens (tertiary/aromatic N) is 2. The van der Waals surface area contributed by atoms with E-state index < -0.39 is 18.9 Å². The van der Waals surface area contributed by atoms with E-state index >= 15 is 0 Å². The second-order valence-corrected chi connectivity index (χ2v) is 3.54. The predicted octanol–water partition coefficient (Wildman–Crippen LogP) is -0.879. The van der Waals surface area contributed by atoms with Gasteiger partial charge in [-0.25, -0.2) is 23.5 Å². The van der Waals surface area contributed by atoms with Crippen molar-refractivity contribution in [1.29, 1.82) is 0 Å². The molecule has 0 aliphatic heterocycles. The van der Waals surface area contributed by atoms with Gasteiger partial charge in [-0.1, -0.05) is 0 Å². The second kappa shape index (κ2) is 6.45. The molecule has 8 heteroatoms. The zero-order valence-corrected chi connectivity index (χ0v) is 10.1. The Morgan fingerprint density at radius 3 is 2.84 bits per heavy atom. The number of hydrogen-bond donors (Lipinski definition) is 2. The maximum atomic E-state index is 12.0. The molecule has 19 heavy (non-hydrogen) atoms. The van der Waals surface area contributed by atoms with Crippen molar-refractivity contribution in [2.75, 3.05) is 11.9 Å². The van der Waals surface area contributed by atoms with E-state index in [0.29, 0.717) is 11.0 Å². The Morgan fingerprint density at radius 1 is 1.47 bits per heavy atom. The van der Waals surface area contributed by atoms with Crippen molar-refractivity contribution in [2.24, 2.45) is 0 Å². The van der Waals surface area contributed by atoms with Crippen LogP contribution in [0, 0.1) is 0 Å². The number of nitrogens with one attached hydrogen (secondary N) is 1. The van der Waals surface area contributed by atoms with E-state index in [0.717, 1.165) is 0 Å². The minimum Gasteiger partial charge on any atom is -1.00 e. The number of fused-ring (bicyclic) bond motifs is 1. The van der Waals surface area contributed by atoms with Crippen LogP contribution >= 0.6 is 0 Å². The maximum Gasteiger partial charge on any atom is 1.00 e. The Morgan fingerprint density at radius 2 is 2.21 bits per heavy atom. The SMILES string of the molecule is O=C(O)c1cnc2nc(NCC(F)F)ccc2c1.[H-].[Li+]. The number of pyridine rings is 2. The molecule has 0 fully saturated rings. The number of carboxylic acids is 1. The van der Waals surface area contributed by atoms with E-state index in [1.165, 1.54) is 18.3 Å². The fourth-order valence-electron chi connectivity index (χ4n) is 1.41. The molecular formula is C11H10F2LiN3O2. The summed E-state index contributed by atoms with van der Waals surface area (Å²) >= 11 is 0. The van der Waals surface area contributed by atoms with Crippen LogP contribution in [0.15, 0.2) is 24.4 Å². The van der Waals surface area contributed by atoms with E-state index in [1.807, 2.05) is 0 Å². The Kier molecular flexibility index (Phi) is 5.21. The minimum absolute atomic E-state index is 0. The third kappa shape index (κ3) is 3.88. The van der Waals surface area contributed by atoms with Gasteiger partial charge in [0.1, 0.15) is 5.82 Å². The summed E-state index contributed by atoms with van der Waals surface area (Å²) in [7, 11) is 0. The zero-order valence-electron chi connectivity index (χ0n) is 11.1. The monoisotopic (exact) mass is 261 g/mol. The summed E-state index contributed by atoms with van der Waals surface area (Å²) in [4.78, 5) is 18.6. The Hall–Kier alpha value is -1.71. The Balaban J connectivity index is 0.00000180. The molecule has 2 rings (SSSR count). The number of carbonyl (C=O) groups is 1. The third-order valence-electron chi connectivity index (χ3n) is 2.23. The Labute approximate surface area is 120 Å². The molecule has 0 amide bonds.